The summed E-state index contributed by atoms with van der Waals surface area (Å²) in [7, 11) is 1.81. The Hall–Kier alpha value is -1.22. The molecule has 2 heterocycles. The highest BCUT2D eigenvalue weighted by atomic mass is 127. The molecule has 0 saturated carbocycles. The molecule has 6 nitrogen and oxygen atoms in total. The Labute approximate surface area is 173 Å². The van der Waals surface area contributed by atoms with Crippen LogP contribution in [0.15, 0.2) is 23.2 Å². The van der Waals surface area contributed by atoms with Crippen LogP contribution in [0.1, 0.15) is 38.2 Å². The van der Waals surface area contributed by atoms with Crippen molar-refractivity contribution < 1.29 is 9.47 Å². The fourth-order valence-corrected chi connectivity index (χ4v) is 3.59. The molecule has 0 spiro atoms. The van der Waals surface area contributed by atoms with Crippen LogP contribution in [0.4, 0.5) is 0 Å². The van der Waals surface area contributed by atoms with Crippen LogP contribution < -0.4 is 20.1 Å². The Bertz CT molecular complexity index is 597. The zero-order chi connectivity index (χ0) is 17.5. The summed E-state index contributed by atoms with van der Waals surface area (Å²) in [5.41, 5.74) is 1.15. The molecule has 0 amide bonds. The number of hydrogen-bond donors (Lipinski definition) is 2. The normalized spacial score (nSPS) is 19.8. The van der Waals surface area contributed by atoms with Crippen LogP contribution in [-0.4, -0.2) is 50.4 Å². The molecule has 0 aliphatic carbocycles. The first-order chi connectivity index (χ1) is 12.3. The summed E-state index contributed by atoms with van der Waals surface area (Å²) in [6.07, 6.45) is 5.29. The van der Waals surface area contributed by atoms with Gasteiger partial charge in [-0.25, -0.2) is 0 Å². The largest absolute Gasteiger partial charge is 0.454 e. The number of likely N-dealkylation sites (tertiary alicyclic amines) is 1. The van der Waals surface area contributed by atoms with E-state index in [0.29, 0.717) is 13.3 Å². The van der Waals surface area contributed by atoms with Crippen LogP contribution in [0.25, 0.3) is 0 Å². The van der Waals surface area contributed by atoms with E-state index in [2.05, 4.69) is 27.4 Å². The van der Waals surface area contributed by atoms with Crippen LogP contribution in [0.3, 0.4) is 0 Å². The minimum absolute atomic E-state index is 0. The van der Waals surface area contributed by atoms with Gasteiger partial charge in [-0.05, 0) is 43.5 Å². The van der Waals surface area contributed by atoms with Gasteiger partial charge in [0.15, 0.2) is 17.5 Å². The molecule has 146 valence electrons. The van der Waals surface area contributed by atoms with E-state index < -0.39 is 0 Å². The number of nitrogens with zero attached hydrogens (tertiary/aromatic N) is 2. The lowest BCUT2D eigenvalue weighted by molar-refractivity contribution is 0.147. The van der Waals surface area contributed by atoms with Gasteiger partial charge in [-0.1, -0.05) is 19.4 Å². The van der Waals surface area contributed by atoms with Gasteiger partial charge in [0.2, 0.25) is 6.79 Å². The molecule has 0 bridgehead atoms. The molecule has 7 heteroatoms. The number of fused-ring (bicyclic) bond motifs is 1. The second-order valence-electron chi connectivity index (χ2n) is 6.63. The number of hydrogen-bond acceptors (Lipinski definition) is 4. The van der Waals surface area contributed by atoms with Crippen LogP contribution in [0.2, 0.25) is 0 Å². The van der Waals surface area contributed by atoms with Crippen LogP contribution in [-0.2, 0) is 6.54 Å². The molecule has 2 aliphatic heterocycles. The molecule has 1 aromatic carbocycles. The van der Waals surface area contributed by atoms with Crippen molar-refractivity contribution in [3.8, 4) is 11.5 Å². The smallest absolute Gasteiger partial charge is 0.231 e. The van der Waals surface area contributed by atoms with Gasteiger partial charge in [-0.15, -0.1) is 24.0 Å². The Balaban J connectivity index is 0.00000243. The molecule has 2 N–H and O–H groups in total. The standard InChI is InChI=1S/C19H30N4O2.HI/c1-3-16-6-4-5-10-23(16)11-9-21-19(20-2)22-13-15-7-8-17-18(12-15)25-14-24-17;/h7-8,12,16H,3-6,9-11,13-14H2,1-2H3,(H2,20,21,22);1H. The summed E-state index contributed by atoms with van der Waals surface area (Å²) in [6, 6.07) is 6.77. The maximum atomic E-state index is 5.42. The molecule has 1 aromatic rings. The van der Waals surface area contributed by atoms with Gasteiger partial charge in [-0.2, -0.15) is 0 Å². The predicted molar refractivity (Wildman–Crippen MR) is 116 cm³/mol. The average Bonchev–Trinajstić information content (AvgIpc) is 3.12. The molecule has 1 unspecified atom stereocenters. The first-order valence-electron chi connectivity index (χ1n) is 9.37. The first kappa shape index (κ1) is 21.1. The highest BCUT2D eigenvalue weighted by molar-refractivity contribution is 14.0. The Morgan fingerprint density at radius 3 is 2.88 bits per heavy atom. The highest BCUT2D eigenvalue weighted by Crippen LogP contribution is 2.32. The first-order valence-corrected chi connectivity index (χ1v) is 9.37. The van der Waals surface area contributed by atoms with E-state index in [9.17, 15) is 0 Å². The lowest BCUT2D eigenvalue weighted by Crippen LogP contribution is -2.45. The number of benzene rings is 1. The zero-order valence-corrected chi connectivity index (χ0v) is 18.1. The molecule has 0 aromatic heterocycles. The highest BCUT2D eigenvalue weighted by Gasteiger charge is 2.20. The van der Waals surface area contributed by atoms with E-state index in [-0.39, 0.29) is 24.0 Å². The van der Waals surface area contributed by atoms with Gasteiger partial charge in [0, 0.05) is 32.7 Å². The summed E-state index contributed by atoms with van der Waals surface area (Å²) in [6.45, 7) is 6.52. The number of nitrogens with one attached hydrogen (secondary N) is 2. The van der Waals surface area contributed by atoms with Crippen LogP contribution in [0.5, 0.6) is 11.5 Å². The number of rotatable bonds is 6. The average molecular weight is 474 g/mol. The monoisotopic (exact) mass is 474 g/mol. The SMILES string of the molecule is CCC1CCCCN1CCNC(=NC)NCc1ccc2c(c1)OCO2.I. The van der Waals surface area contributed by atoms with Crippen molar-refractivity contribution in [3.63, 3.8) is 0 Å². The van der Waals surface area contributed by atoms with E-state index in [1.54, 1.807) is 0 Å². The van der Waals surface area contributed by atoms with Crippen LogP contribution >= 0.6 is 24.0 Å². The third-order valence-corrected chi connectivity index (χ3v) is 5.03. The Kier molecular flexibility index (Phi) is 8.77. The van der Waals surface area contributed by atoms with E-state index in [4.69, 9.17) is 9.47 Å². The van der Waals surface area contributed by atoms with Crippen molar-refractivity contribution in [3.05, 3.63) is 23.8 Å². The third-order valence-electron chi connectivity index (χ3n) is 5.03. The number of guanidine groups is 1. The third kappa shape index (κ3) is 5.64. The van der Waals surface area contributed by atoms with E-state index in [0.717, 1.165) is 42.2 Å². The molecule has 1 atom stereocenters. The van der Waals surface area contributed by atoms with Crippen molar-refractivity contribution >= 4 is 29.9 Å². The van der Waals surface area contributed by atoms with E-state index in [1.807, 2.05) is 25.2 Å². The summed E-state index contributed by atoms with van der Waals surface area (Å²) in [5.74, 6) is 2.47. The van der Waals surface area contributed by atoms with Crippen molar-refractivity contribution in [2.45, 2.75) is 45.2 Å². The van der Waals surface area contributed by atoms with Gasteiger partial charge in [0.1, 0.15) is 0 Å². The number of halogens is 1. The summed E-state index contributed by atoms with van der Waals surface area (Å²) in [4.78, 5) is 6.93. The fraction of sp³-hybridized carbons (Fsp3) is 0.632. The molecular weight excluding hydrogens is 443 g/mol. The molecular formula is C19H31IN4O2. The van der Waals surface area contributed by atoms with E-state index >= 15 is 0 Å². The van der Waals surface area contributed by atoms with Gasteiger partial charge in [-0.3, -0.25) is 9.89 Å². The fourth-order valence-electron chi connectivity index (χ4n) is 3.59. The number of aliphatic imine (C=N–C) groups is 1. The van der Waals surface area contributed by atoms with E-state index in [1.165, 1.54) is 32.2 Å². The van der Waals surface area contributed by atoms with Crippen LogP contribution in [0, 0.1) is 0 Å². The molecule has 1 fully saturated rings. The van der Waals surface area contributed by atoms with Crippen molar-refractivity contribution in [1.29, 1.82) is 0 Å². The maximum absolute atomic E-state index is 5.42. The zero-order valence-electron chi connectivity index (χ0n) is 15.8. The maximum Gasteiger partial charge on any atom is 0.231 e. The van der Waals surface area contributed by atoms with Gasteiger partial charge < -0.3 is 20.1 Å². The minimum Gasteiger partial charge on any atom is -0.454 e. The summed E-state index contributed by atoms with van der Waals surface area (Å²) < 4.78 is 10.8. The summed E-state index contributed by atoms with van der Waals surface area (Å²) in [5, 5.41) is 6.79. The second-order valence-corrected chi connectivity index (χ2v) is 6.63. The Morgan fingerprint density at radius 1 is 1.23 bits per heavy atom. The van der Waals surface area contributed by atoms with Gasteiger partial charge in [0.05, 0.1) is 0 Å². The quantitative estimate of drug-likeness (QED) is 0.377. The van der Waals surface area contributed by atoms with Crippen molar-refractivity contribution in [2.24, 2.45) is 4.99 Å². The van der Waals surface area contributed by atoms with Crippen molar-refractivity contribution in [1.82, 2.24) is 15.5 Å². The Morgan fingerprint density at radius 2 is 2.08 bits per heavy atom. The number of ether oxygens (including phenoxy) is 2. The lowest BCUT2D eigenvalue weighted by Gasteiger charge is -2.35. The van der Waals surface area contributed by atoms with Gasteiger partial charge in [0.25, 0.3) is 0 Å². The minimum atomic E-state index is 0. The topological polar surface area (TPSA) is 58.1 Å². The van der Waals surface area contributed by atoms with Crippen molar-refractivity contribution in [2.75, 3.05) is 33.5 Å². The number of piperidine rings is 1. The lowest BCUT2D eigenvalue weighted by atomic mass is 10.0. The summed E-state index contributed by atoms with van der Waals surface area (Å²) >= 11 is 0. The molecule has 2 aliphatic rings. The molecule has 1 saturated heterocycles. The predicted octanol–water partition coefficient (Wildman–Crippen LogP) is 2.96. The second kappa shape index (κ2) is 10.8. The van der Waals surface area contributed by atoms with Gasteiger partial charge >= 0.3 is 0 Å². The molecule has 26 heavy (non-hydrogen) atoms. The molecule has 0 radical (unpaired) electrons. The molecule has 3 rings (SSSR count).